The van der Waals surface area contributed by atoms with Crippen molar-refractivity contribution < 1.29 is 19.1 Å². The highest BCUT2D eigenvalue weighted by atomic mass is 32.5. The van der Waals surface area contributed by atoms with E-state index in [9.17, 15) is 9.69 Å². The van der Waals surface area contributed by atoms with Crippen LogP contribution < -0.4 is 15.9 Å². The summed E-state index contributed by atoms with van der Waals surface area (Å²) < 4.78 is 4.51. The molecule has 0 aliphatic heterocycles. The molecular formula is C17H28N2O4PS-. The van der Waals surface area contributed by atoms with Gasteiger partial charge in [0.2, 0.25) is 5.91 Å². The van der Waals surface area contributed by atoms with Crippen molar-refractivity contribution in [1.29, 1.82) is 0 Å². The topological polar surface area (TPSA) is 108 Å². The monoisotopic (exact) mass is 387 g/mol. The van der Waals surface area contributed by atoms with Crippen LogP contribution in [0.25, 0.3) is 0 Å². The Morgan fingerprint density at radius 1 is 1.36 bits per heavy atom. The number of amides is 1. The summed E-state index contributed by atoms with van der Waals surface area (Å²) in [7, 11) is 0. The Balaban J connectivity index is 2.41. The van der Waals surface area contributed by atoms with Crippen LogP contribution in [0.4, 0.5) is 5.69 Å². The molecule has 8 heteroatoms. The molecule has 1 rings (SSSR count). The predicted octanol–water partition coefficient (Wildman–Crippen LogP) is 2.45. The number of carbonyl (C=O) groups is 1. The minimum Gasteiger partial charge on any atom is -0.780 e. The van der Waals surface area contributed by atoms with Crippen molar-refractivity contribution in [2.45, 2.75) is 57.9 Å². The molecule has 1 amide bonds. The number of carbonyl (C=O) groups excluding carboxylic acids is 1. The lowest BCUT2D eigenvalue weighted by molar-refractivity contribution is -0.201. The second kappa shape index (κ2) is 11.7. The first-order valence-corrected chi connectivity index (χ1v) is 11.2. The number of hydrogen-bond acceptors (Lipinski definition) is 5. The third-order valence-corrected chi connectivity index (χ3v) is 4.56. The lowest BCUT2D eigenvalue weighted by Crippen LogP contribution is -2.39. The van der Waals surface area contributed by atoms with E-state index in [1.807, 2.05) is 18.2 Å². The number of benzene rings is 1. The SMILES string of the molecule is CCCCCCCCc1cccc(NC(=O)[C@H](N)COP([O-])(O)=S)c1. The van der Waals surface area contributed by atoms with Crippen LogP contribution in [0, 0.1) is 0 Å². The van der Waals surface area contributed by atoms with Gasteiger partial charge in [0.25, 0.3) is 0 Å². The second-order valence-electron chi connectivity index (χ2n) is 6.08. The fourth-order valence-electron chi connectivity index (χ4n) is 2.40. The van der Waals surface area contributed by atoms with Crippen molar-refractivity contribution in [1.82, 2.24) is 0 Å². The van der Waals surface area contributed by atoms with Crippen LogP contribution in [0.1, 0.15) is 51.0 Å². The fraction of sp³-hybridized carbons (Fsp3) is 0.588. The molecule has 0 heterocycles. The van der Waals surface area contributed by atoms with Gasteiger partial charge in [-0.15, -0.1) is 0 Å². The van der Waals surface area contributed by atoms with Crippen LogP contribution in [0.15, 0.2) is 24.3 Å². The molecule has 0 spiro atoms. The van der Waals surface area contributed by atoms with Gasteiger partial charge in [-0.05, 0) is 30.5 Å². The van der Waals surface area contributed by atoms with Crippen molar-refractivity contribution in [2.24, 2.45) is 5.73 Å². The Morgan fingerprint density at radius 2 is 2.04 bits per heavy atom. The molecular weight excluding hydrogens is 359 g/mol. The zero-order valence-electron chi connectivity index (χ0n) is 14.6. The molecule has 1 aromatic rings. The first kappa shape index (κ1) is 22.2. The normalized spacial score (nSPS) is 14.7. The predicted molar refractivity (Wildman–Crippen MR) is 103 cm³/mol. The van der Waals surface area contributed by atoms with E-state index in [1.165, 1.54) is 32.1 Å². The number of rotatable bonds is 12. The summed E-state index contributed by atoms with van der Waals surface area (Å²) in [6, 6.07) is 6.55. The Labute approximate surface area is 155 Å². The molecule has 1 unspecified atom stereocenters. The molecule has 142 valence electrons. The number of hydrogen-bond donors (Lipinski definition) is 3. The van der Waals surface area contributed by atoms with Crippen LogP contribution in [-0.2, 0) is 27.5 Å². The van der Waals surface area contributed by atoms with Gasteiger partial charge in [0.1, 0.15) is 12.8 Å². The van der Waals surface area contributed by atoms with Gasteiger partial charge >= 0.3 is 0 Å². The second-order valence-corrected chi connectivity index (χ2v) is 8.66. The average Bonchev–Trinajstić information content (AvgIpc) is 2.55. The van der Waals surface area contributed by atoms with E-state index in [1.54, 1.807) is 6.07 Å². The van der Waals surface area contributed by atoms with Gasteiger partial charge in [-0.3, -0.25) is 4.79 Å². The van der Waals surface area contributed by atoms with Crippen molar-refractivity contribution in [3.05, 3.63) is 29.8 Å². The van der Waals surface area contributed by atoms with E-state index in [0.29, 0.717) is 5.69 Å². The molecule has 6 nitrogen and oxygen atoms in total. The summed E-state index contributed by atoms with van der Waals surface area (Å²) in [4.78, 5) is 31.8. The number of unbranched alkanes of at least 4 members (excludes halogenated alkanes) is 5. The maximum atomic E-state index is 12.0. The molecule has 0 bridgehead atoms. The zero-order chi connectivity index (χ0) is 18.7. The van der Waals surface area contributed by atoms with Gasteiger partial charge in [0.15, 0.2) is 0 Å². The summed E-state index contributed by atoms with van der Waals surface area (Å²) in [5, 5.41) is 2.69. The van der Waals surface area contributed by atoms with E-state index in [2.05, 4.69) is 28.6 Å². The molecule has 25 heavy (non-hydrogen) atoms. The minimum atomic E-state index is -4.05. The van der Waals surface area contributed by atoms with Crippen LogP contribution in [0.3, 0.4) is 0 Å². The molecule has 0 aliphatic rings. The number of nitrogens with two attached hydrogens (primary N) is 1. The quantitative estimate of drug-likeness (QED) is 0.376. The van der Waals surface area contributed by atoms with Crippen molar-refractivity contribution in [2.75, 3.05) is 11.9 Å². The lowest BCUT2D eigenvalue weighted by atomic mass is 10.0. The first-order valence-electron chi connectivity index (χ1n) is 8.65. The average molecular weight is 387 g/mol. The summed E-state index contributed by atoms with van der Waals surface area (Å²) in [6.45, 7) is -2.25. The smallest absolute Gasteiger partial charge is 0.243 e. The lowest BCUT2D eigenvalue weighted by Gasteiger charge is -2.22. The largest absolute Gasteiger partial charge is 0.780 e. The van der Waals surface area contributed by atoms with Gasteiger partial charge < -0.3 is 25.4 Å². The van der Waals surface area contributed by atoms with Crippen LogP contribution >= 0.6 is 6.72 Å². The molecule has 0 saturated heterocycles. The molecule has 0 saturated carbocycles. The van der Waals surface area contributed by atoms with Crippen LogP contribution in [-0.4, -0.2) is 23.4 Å². The molecule has 0 aromatic heterocycles. The molecule has 0 aliphatic carbocycles. The molecule has 4 N–H and O–H groups in total. The molecule has 1 aromatic carbocycles. The van der Waals surface area contributed by atoms with E-state index in [-0.39, 0.29) is 0 Å². The highest BCUT2D eigenvalue weighted by Crippen LogP contribution is 2.30. The van der Waals surface area contributed by atoms with E-state index in [4.69, 9.17) is 10.6 Å². The number of nitrogens with one attached hydrogen (secondary N) is 1. The molecule has 0 fully saturated rings. The summed E-state index contributed by atoms with van der Waals surface area (Å²) in [6.07, 6.45) is 8.39. The van der Waals surface area contributed by atoms with Crippen LogP contribution in [0.5, 0.6) is 0 Å². The number of aryl methyl sites for hydroxylation is 1. The fourth-order valence-corrected chi connectivity index (χ4v) is 2.93. The Morgan fingerprint density at radius 3 is 2.72 bits per heavy atom. The van der Waals surface area contributed by atoms with E-state index in [0.717, 1.165) is 18.4 Å². The van der Waals surface area contributed by atoms with Crippen molar-refractivity contribution in [3.63, 3.8) is 0 Å². The van der Waals surface area contributed by atoms with E-state index >= 15 is 0 Å². The maximum Gasteiger partial charge on any atom is 0.243 e. The first-order chi connectivity index (χ1) is 11.8. The molecule has 0 radical (unpaired) electrons. The van der Waals surface area contributed by atoms with Gasteiger partial charge in [-0.1, -0.05) is 63.0 Å². The highest BCUT2D eigenvalue weighted by molar-refractivity contribution is 8.06. The Hall–Kier alpha value is -0.820. The van der Waals surface area contributed by atoms with Gasteiger partial charge in [-0.25, -0.2) is 0 Å². The summed E-state index contributed by atoms with van der Waals surface area (Å²) >= 11 is 4.21. The van der Waals surface area contributed by atoms with Crippen molar-refractivity contribution >= 4 is 30.1 Å². The summed E-state index contributed by atoms with van der Waals surface area (Å²) in [5.74, 6) is -0.486. The standard InChI is InChI=1S/C17H29N2O4PS/c1-2-3-4-5-6-7-9-14-10-8-11-15(12-14)19-17(20)16(18)13-23-24(21,22)25/h8,10-12,16H,2-7,9,13,18H2,1H3,(H,19,20)(H2,21,22,25)/p-1/t16-/m1/s1. The highest BCUT2D eigenvalue weighted by Gasteiger charge is 2.15. The van der Waals surface area contributed by atoms with Crippen LogP contribution in [0.2, 0.25) is 0 Å². The molecule has 2 atom stereocenters. The Bertz CT molecular complexity index is 580. The minimum absolute atomic E-state index is 0.402. The third kappa shape index (κ3) is 10.7. The number of anilines is 1. The maximum absolute atomic E-state index is 12.0. The zero-order valence-corrected chi connectivity index (χ0v) is 16.4. The van der Waals surface area contributed by atoms with E-state index < -0.39 is 25.3 Å². The van der Waals surface area contributed by atoms with Crippen molar-refractivity contribution in [3.8, 4) is 0 Å². The van der Waals surface area contributed by atoms with Gasteiger partial charge in [0.05, 0.1) is 6.61 Å². The summed E-state index contributed by atoms with van der Waals surface area (Å²) in [5.41, 5.74) is 7.44. The Kier molecular flexibility index (Phi) is 10.4. The van der Waals surface area contributed by atoms with Gasteiger partial charge in [0, 0.05) is 5.69 Å². The van der Waals surface area contributed by atoms with Gasteiger partial charge in [-0.2, -0.15) is 0 Å². The third-order valence-electron chi connectivity index (χ3n) is 3.77.